The lowest BCUT2D eigenvalue weighted by atomic mass is 10.3. The van der Waals surface area contributed by atoms with Gasteiger partial charge in [0.1, 0.15) is 12.1 Å². The first-order chi connectivity index (χ1) is 10.6. The van der Waals surface area contributed by atoms with E-state index < -0.39 is 0 Å². The number of anilines is 1. The first-order valence-corrected chi connectivity index (χ1v) is 6.09. The Morgan fingerprint density at radius 3 is 2.64 bits per heavy atom. The quantitative estimate of drug-likeness (QED) is 0.670. The molecule has 0 aliphatic carbocycles. The molecular formula is C13H12N6O3. The van der Waals surface area contributed by atoms with Gasteiger partial charge in [0, 0.05) is 18.6 Å². The number of carbonyl (C=O) groups excluding carboxylic acids is 1. The number of hydrogen-bond donors (Lipinski definition) is 2. The molecule has 0 unspecified atom stereocenters. The van der Waals surface area contributed by atoms with Crippen molar-refractivity contribution in [2.75, 3.05) is 5.32 Å². The van der Waals surface area contributed by atoms with Crippen LogP contribution in [0.15, 0.2) is 37.3 Å². The second-order valence-electron chi connectivity index (χ2n) is 4.11. The molecule has 3 rings (SSSR count). The first-order valence-electron chi connectivity index (χ1n) is 6.09. The second-order valence-corrected chi connectivity index (χ2v) is 4.11. The van der Waals surface area contributed by atoms with Gasteiger partial charge in [0.15, 0.2) is 5.65 Å². The molecule has 0 radical (unpaired) electrons. The first kappa shape index (κ1) is 15.0. The second kappa shape index (κ2) is 6.88. The number of aryl methyl sites for hydroxylation is 1. The SMILES string of the molecule is Cc1cn2cc(NC(=O)c3cncnc3)ncc2n1.O=CO. The van der Waals surface area contributed by atoms with E-state index in [0.29, 0.717) is 11.4 Å². The van der Waals surface area contributed by atoms with Gasteiger partial charge in [0.25, 0.3) is 12.4 Å². The molecule has 3 heterocycles. The minimum Gasteiger partial charge on any atom is -0.483 e. The zero-order chi connectivity index (χ0) is 15.9. The van der Waals surface area contributed by atoms with Crippen molar-refractivity contribution in [3.8, 4) is 0 Å². The molecule has 0 fully saturated rings. The van der Waals surface area contributed by atoms with Crippen LogP contribution in [0.25, 0.3) is 5.65 Å². The van der Waals surface area contributed by atoms with Crippen molar-refractivity contribution < 1.29 is 14.7 Å². The molecule has 0 spiro atoms. The molecule has 0 aliphatic rings. The molecule has 0 aliphatic heterocycles. The molecule has 0 saturated carbocycles. The monoisotopic (exact) mass is 300 g/mol. The lowest BCUT2D eigenvalue weighted by Gasteiger charge is -2.03. The van der Waals surface area contributed by atoms with E-state index in [1.165, 1.54) is 18.7 Å². The van der Waals surface area contributed by atoms with Crippen molar-refractivity contribution in [1.29, 1.82) is 0 Å². The summed E-state index contributed by atoms with van der Waals surface area (Å²) in [5, 5.41) is 9.57. The maximum Gasteiger partial charge on any atom is 0.290 e. The summed E-state index contributed by atoms with van der Waals surface area (Å²) in [7, 11) is 0. The Morgan fingerprint density at radius 2 is 1.95 bits per heavy atom. The molecule has 22 heavy (non-hydrogen) atoms. The van der Waals surface area contributed by atoms with Gasteiger partial charge in [-0.05, 0) is 6.92 Å². The van der Waals surface area contributed by atoms with Gasteiger partial charge in [-0.1, -0.05) is 0 Å². The highest BCUT2D eigenvalue weighted by atomic mass is 16.3. The van der Waals surface area contributed by atoms with Crippen molar-refractivity contribution in [3.63, 3.8) is 0 Å². The fraction of sp³-hybridized carbons (Fsp3) is 0.0769. The lowest BCUT2D eigenvalue weighted by Crippen LogP contribution is -2.13. The van der Waals surface area contributed by atoms with E-state index in [9.17, 15) is 4.79 Å². The molecule has 0 bridgehead atoms. The van der Waals surface area contributed by atoms with Gasteiger partial charge in [-0.15, -0.1) is 0 Å². The molecule has 9 heteroatoms. The third kappa shape index (κ3) is 3.60. The number of carbonyl (C=O) groups is 2. The number of hydrogen-bond acceptors (Lipinski definition) is 6. The maximum absolute atomic E-state index is 11.9. The Morgan fingerprint density at radius 1 is 1.27 bits per heavy atom. The van der Waals surface area contributed by atoms with Crippen molar-refractivity contribution in [1.82, 2.24) is 24.3 Å². The van der Waals surface area contributed by atoms with Gasteiger partial charge in [-0.25, -0.2) is 19.9 Å². The van der Waals surface area contributed by atoms with Gasteiger partial charge in [0.05, 0.1) is 23.7 Å². The van der Waals surface area contributed by atoms with Crippen LogP contribution in [0.3, 0.4) is 0 Å². The number of carboxylic acid groups (broad SMARTS) is 1. The summed E-state index contributed by atoms with van der Waals surface area (Å²) in [5.74, 6) is 0.142. The van der Waals surface area contributed by atoms with Crippen LogP contribution in [-0.2, 0) is 4.79 Å². The van der Waals surface area contributed by atoms with Crippen LogP contribution >= 0.6 is 0 Å². The number of aromatic nitrogens is 5. The summed E-state index contributed by atoms with van der Waals surface area (Å²) in [4.78, 5) is 36.2. The number of nitrogens with zero attached hydrogens (tertiary/aromatic N) is 5. The van der Waals surface area contributed by atoms with Crippen LogP contribution in [0, 0.1) is 6.92 Å². The highest BCUT2D eigenvalue weighted by molar-refractivity contribution is 6.03. The van der Waals surface area contributed by atoms with Crippen LogP contribution in [0.2, 0.25) is 0 Å². The van der Waals surface area contributed by atoms with Gasteiger partial charge in [-0.3, -0.25) is 9.59 Å². The zero-order valence-electron chi connectivity index (χ0n) is 11.5. The molecule has 0 atom stereocenters. The fourth-order valence-corrected chi connectivity index (χ4v) is 1.70. The molecule has 3 aromatic heterocycles. The molecule has 1 amide bonds. The Kier molecular flexibility index (Phi) is 4.70. The van der Waals surface area contributed by atoms with Gasteiger partial charge in [0.2, 0.25) is 0 Å². The average Bonchev–Trinajstić information content (AvgIpc) is 2.88. The number of rotatable bonds is 2. The molecule has 112 valence electrons. The topological polar surface area (TPSA) is 122 Å². The summed E-state index contributed by atoms with van der Waals surface area (Å²) in [6, 6.07) is 0. The average molecular weight is 300 g/mol. The summed E-state index contributed by atoms with van der Waals surface area (Å²) < 4.78 is 1.80. The third-order valence-electron chi connectivity index (χ3n) is 2.53. The molecular weight excluding hydrogens is 288 g/mol. The molecule has 3 aromatic rings. The standard InChI is InChI=1S/C12H10N6O.CH2O2/c1-8-5-18-6-10(15-4-11(18)16-8)17-12(19)9-2-13-7-14-3-9;2-1-3/h2-7H,1H3,(H,17,19);1H,(H,2,3). The van der Waals surface area contributed by atoms with E-state index in [-0.39, 0.29) is 12.4 Å². The Labute approximate surface area is 124 Å². The van der Waals surface area contributed by atoms with Crippen LogP contribution in [0.5, 0.6) is 0 Å². The minimum atomic E-state index is -0.302. The number of nitrogens with one attached hydrogen (secondary N) is 1. The summed E-state index contributed by atoms with van der Waals surface area (Å²) in [6.45, 7) is 1.65. The highest BCUT2D eigenvalue weighted by Gasteiger charge is 2.08. The van der Waals surface area contributed by atoms with Crippen LogP contribution in [0.4, 0.5) is 5.82 Å². The Bertz CT molecular complexity index is 787. The van der Waals surface area contributed by atoms with Crippen molar-refractivity contribution in [2.45, 2.75) is 6.92 Å². The number of imidazole rings is 1. The highest BCUT2D eigenvalue weighted by Crippen LogP contribution is 2.09. The fourth-order valence-electron chi connectivity index (χ4n) is 1.70. The normalized spacial score (nSPS) is 9.68. The predicted molar refractivity (Wildman–Crippen MR) is 76.4 cm³/mol. The maximum atomic E-state index is 11.9. The molecule has 2 N–H and O–H groups in total. The molecule has 9 nitrogen and oxygen atoms in total. The zero-order valence-corrected chi connectivity index (χ0v) is 11.5. The van der Waals surface area contributed by atoms with E-state index in [4.69, 9.17) is 9.90 Å². The Hall–Kier alpha value is -3.36. The summed E-state index contributed by atoms with van der Waals surface area (Å²) in [6.07, 6.45) is 9.43. The van der Waals surface area contributed by atoms with E-state index in [2.05, 4.69) is 25.3 Å². The Balaban J connectivity index is 0.000000545. The predicted octanol–water partition coefficient (Wildman–Crippen LogP) is 0.781. The summed E-state index contributed by atoms with van der Waals surface area (Å²) >= 11 is 0. The lowest BCUT2D eigenvalue weighted by molar-refractivity contribution is -0.122. The minimum absolute atomic E-state index is 0.250. The largest absolute Gasteiger partial charge is 0.483 e. The van der Waals surface area contributed by atoms with E-state index in [1.807, 2.05) is 13.1 Å². The van der Waals surface area contributed by atoms with Crippen LogP contribution < -0.4 is 5.32 Å². The van der Waals surface area contributed by atoms with E-state index in [1.54, 1.807) is 16.8 Å². The van der Waals surface area contributed by atoms with Gasteiger partial charge < -0.3 is 14.8 Å². The molecule has 0 aromatic carbocycles. The smallest absolute Gasteiger partial charge is 0.290 e. The van der Waals surface area contributed by atoms with Crippen LogP contribution in [0.1, 0.15) is 16.1 Å². The van der Waals surface area contributed by atoms with Gasteiger partial charge >= 0.3 is 0 Å². The van der Waals surface area contributed by atoms with E-state index in [0.717, 1.165) is 11.3 Å². The number of fused-ring (bicyclic) bond motifs is 1. The van der Waals surface area contributed by atoms with Gasteiger partial charge in [-0.2, -0.15) is 0 Å². The third-order valence-corrected chi connectivity index (χ3v) is 2.53. The number of amides is 1. The molecule has 0 saturated heterocycles. The van der Waals surface area contributed by atoms with E-state index >= 15 is 0 Å². The van der Waals surface area contributed by atoms with Crippen LogP contribution in [-0.4, -0.2) is 41.8 Å². The summed E-state index contributed by atoms with van der Waals surface area (Å²) in [5.41, 5.74) is 2.01. The van der Waals surface area contributed by atoms with Crippen molar-refractivity contribution in [2.24, 2.45) is 0 Å². The van der Waals surface area contributed by atoms with Crippen molar-refractivity contribution >= 4 is 23.8 Å². The van der Waals surface area contributed by atoms with Crippen molar-refractivity contribution in [3.05, 3.63) is 48.6 Å².